The Hall–Kier alpha value is 0.110. The van der Waals surface area contributed by atoms with Crippen molar-refractivity contribution in [2.45, 2.75) is 387 Å². The Bertz CT molecular complexity index is 888. The molecule has 0 saturated carbocycles. The van der Waals surface area contributed by atoms with Gasteiger partial charge in [-0.15, -0.1) is 0 Å². The molecule has 0 rings (SSSR count). The van der Waals surface area contributed by atoms with Gasteiger partial charge in [0.1, 0.15) is 0 Å². The Morgan fingerprint density at radius 2 is 0.397 bits per heavy atom. The summed E-state index contributed by atoms with van der Waals surface area (Å²) in [5, 5.41) is 0. The van der Waals surface area contributed by atoms with E-state index in [9.17, 15) is 9.46 Å². The minimum atomic E-state index is -3.71. The average Bonchev–Trinajstić information content (AvgIpc) is 3.34. The highest BCUT2D eigenvalue weighted by atomic mass is 31.2. The minimum Gasteiger partial charge on any atom is -0.312 e. The third-order valence-corrected chi connectivity index (χ3v) is 17.0. The lowest BCUT2D eigenvalue weighted by Crippen LogP contribution is -2.24. The lowest BCUT2D eigenvalue weighted by molar-refractivity contribution is 0.194. The van der Waals surface area contributed by atoms with Gasteiger partial charge in [-0.25, -0.2) is 9.24 Å². The summed E-state index contributed by atoms with van der Waals surface area (Å²) in [7, 11) is -3.71. The Morgan fingerprint density at radius 1 is 0.250 bits per heavy atom. The van der Waals surface area contributed by atoms with Gasteiger partial charge in [-0.05, 0) is 19.3 Å². The fraction of sp³-hybridized carbons (Fsp3) is 1.00. The van der Waals surface area contributed by atoms with E-state index in [4.69, 9.17) is 4.52 Å². The van der Waals surface area contributed by atoms with Gasteiger partial charge in [-0.1, -0.05) is 367 Å². The lowest BCUT2D eigenvalue weighted by Gasteiger charge is -2.26. The molecule has 0 aliphatic carbocycles. The van der Waals surface area contributed by atoms with Crippen molar-refractivity contribution in [2.75, 3.05) is 19.7 Å². The quantitative estimate of drug-likeness (QED) is 0.0487. The molecule has 0 amide bonds. The van der Waals surface area contributed by atoms with Crippen molar-refractivity contribution < 1.29 is 14.0 Å². The summed E-state index contributed by atoms with van der Waals surface area (Å²) in [6, 6.07) is 0. The molecule has 0 bridgehead atoms. The molecular formula is C63H130NO3P. The van der Waals surface area contributed by atoms with E-state index in [0.717, 1.165) is 44.9 Å². The topological polar surface area (TPSA) is 49.8 Å². The van der Waals surface area contributed by atoms with Crippen molar-refractivity contribution in [3.63, 3.8) is 0 Å². The van der Waals surface area contributed by atoms with Crippen molar-refractivity contribution in [1.29, 1.82) is 0 Å². The molecule has 0 fully saturated rings. The van der Waals surface area contributed by atoms with Crippen LogP contribution in [0.25, 0.3) is 0 Å². The second-order valence-electron chi connectivity index (χ2n) is 22.4. The Kier molecular flexibility index (Phi) is 59.8. The van der Waals surface area contributed by atoms with Crippen LogP contribution >= 0.6 is 7.75 Å². The largest absolute Gasteiger partial charge is 0.405 e. The molecule has 0 saturated heterocycles. The van der Waals surface area contributed by atoms with E-state index in [-0.39, 0.29) is 0 Å². The molecule has 0 aliphatic heterocycles. The highest BCUT2D eigenvalue weighted by Crippen LogP contribution is 2.47. The number of rotatable bonds is 62. The summed E-state index contributed by atoms with van der Waals surface area (Å²) in [5.74, 6) is 0. The van der Waals surface area contributed by atoms with Crippen molar-refractivity contribution in [1.82, 2.24) is 4.67 Å². The van der Waals surface area contributed by atoms with Gasteiger partial charge in [-0.3, -0.25) is 4.52 Å². The normalized spacial score (nSPS) is 12.8. The maximum Gasteiger partial charge on any atom is 0.405 e. The molecule has 1 unspecified atom stereocenters. The van der Waals surface area contributed by atoms with E-state index < -0.39 is 7.75 Å². The monoisotopic (exact) mass is 980 g/mol. The van der Waals surface area contributed by atoms with Gasteiger partial charge in [-0.2, -0.15) is 0 Å². The average molecular weight is 981 g/mol. The van der Waals surface area contributed by atoms with Crippen LogP contribution in [-0.2, 0) is 9.09 Å². The van der Waals surface area contributed by atoms with E-state index in [0.29, 0.717) is 19.7 Å². The summed E-state index contributed by atoms with van der Waals surface area (Å²) < 4.78 is 20.8. The van der Waals surface area contributed by atoms with Gasteiger partial charge in [0, 0.05) is 13.1 Å². The van der Waals surface area contributed by atoms with Gasteiger partial charge >= 0.3 is 7.75 Å². The fourth-order valence-electron chi connectivity index (χ4n) is 10.6. The molecule has 0 aromatic heterocycles. The molecule has 0 heterocycles. The Labute approximate surface area is 431 Å². The lowest BCUT2D eigenvalue weighted by atomic mass is 10.0. The van der Waals surface area contributed by atoms with Crippen molar-refractivity contribution in [3.05, 3.63) is 0 Å². The molecule has 1 atom stereocenters. The van der Waals surface area contributed by atoms with E-state index in [1.165, 1.54) is 321 Å². The summed E-state index contributed by atoms with van der Waals surface area (Å²) in [6.45, 7) is 8.57. The first-order valence-electron chi connectivity index (χ1n) is 32.3. The van der Waals surface area contributed by atoms with Crippen molar-refractivity contribution >= 4 is 7.75 Å². The number of unbranched alkanes of at least 4 members (excludes halogenated alkanes) is 54. The summed E-state index contributed by atoms with van der Waals surface area (Å²) in [5.41, 5.74) is 0. The predicted molar refractivity (Wildman–Crippen MR) is 308 cm³/mol. The SMILES string of the molecule is CCCCCCCCCCCCCCCCCCCCCCCCCCCCCN(CCCCCCCCCCCCCCCCCCCCCCCCCCCCC)P(=O)(O)OCCCCC. The summed E-state index contributed by atoms with van der Waals surface area (Å²) in [6.07, 6.45) is 78.8. The molecule has 0 aliphatic rings. The predicted octanol–water partition coefficient (Wildman–Crippen LogP) is 23.7. The van der Waals surface area contributed by atoms with Crippen LogP contribution in [0.3, 0.4) is 0 Å². The first kappa shape index (κ1) is 68.1. The smallest absolute Gasteiger partial charge is 0.312 e. The molecule has 0 spiro atoms. The second-order valence-corrected chi connectivity index (χ2v) is 24.2. The first-order valence-corrected chi connectivity index (χ1v) is 33.8. The minimum absolute atomic E-state index is 0.400. The van der Waals surface area contributed by atoms with Gasteiger partial charge in [0.25, 0.3) is 0 Å². The van der Waals surface area contributed by atoms with E-state index in [1.807, 2.05) is 4.67 Å². The highest BCUT2D eigenvalue weighted by molar-refractivity contribution is 7.50. The molecule has 0 aromatic rings. The molecular weight excluding hydrogens is 850 g/mol. The zero-order valence-electron chi connectivity index (χ0n) is 47.6. The van der Waals surface area contributed by atoms with Crippen LogP contribution in [0.5, 0.6) is 0 Å². The molecule has 1 N–H and O–H groups in total. The number of hydrogen-bond donors (Lipinski definition) is 1. The zero-order valence-corrected chi connectivity index (χ0v) is 48.5. The van der Waals surface area contributed by atoms with Crippen LogP contribution in [0.15, 0.2) is 0 Å². The van der Waals surface area contributed by atoms with Crippen molar-refractivity contribution in [2.24, 2.45) is 0 Å². The van der Waals surface area contributed by atoms with Gasteiger partial charge in [0.2, 0.25) is 0 Å². The molecule has 68 heavy (non-hydrogen) atoms. The van der Waals surface area contributed by atoms with E-state index in [1.54, 1.807) is 0 Å². The van der Waals surface area contributed by atoms with E-state index in [2.05, 4.69) is 20.8 Å². The second kappa shape index (κ2) is 59.7. The van der Waals surface area contributed by atoms with Crippen LogP contribution in [0, 0.1) is 0 Å². The molecule has 4 nitrogen and oxygen atoms in total. The van der Waals surface area contributed by atoms with Crippen LogP contribution < -0.4 is 0 Å². The third-order valence-electron chi connectivity index (χ3n) is 15.4. The molecule has 5 heteroatoms. The number of nitrogens with zero attached hydrogens (tertiary/aromatic N) is 1. The van der Waals surface area contributed by atoms with Crippen LogP contribution in [0.2, 0.25) is 0 Å². The molecule has 0 radical (unpaired) electrons. The summed E-state index contributed by atoms with van der Waals surface area (Å²) >= 11 is 0. The fourth-order valence-corrected chi connectivity index (χ4v) is 11.9. The standard InChI is InChI=1S/C63H130NO3P/c1-4-7-10-12-14-16-18-20-22-24-26-28-30-32-34-36-38-40-42-44-46-48-50-52-54-56-58-61-64(68(65,66)67-63-60-9-6-3)62-59-57-55-53-51-49-47-45-43-41-39-37-35-33-31-29-27-25-23-21-19-17-15-13-11-8-5-2/h4-63H2,1-3H3,(H,65,66). The Morgan fingerprint density at radius 3 is 0.574 bits per heavy atom. The van der Waals surface area contributed by atoms with Gasteiger partial charge in [0.05, 0.1) is 6.61 Å². The molecule has 0 aromatic carbocycles. The molecule has 410 valence electrons. The zero-order chi connectivity index (χ0) is 49.2. The third kappa shape index (κ3) is 55.4. The maximum absolute atomic E-state index is 13.3. The summed E-state index contributed by atoms with van der Waals surface area (Å²) in [4.78, 5) is 10.9. The van der Waals surface area contributed by atoms with Crippen molar-refractivity contribution in [3.8, 4) is 0 Å². The van der Waals surface area contributed by atoms with Gasteiger partial charge in [0.15, 0.2) is 0 Å². The number of hydrogen-bond acceptors (Lipinski definition) is 2. The van der Waals surface area contributed by atoms with Crippen LogP contribution in [0.1, 0.15) is 387 Å². The van der Waals surface area contributed by atoms with Gasteiger partial charge < -0.3 is 4.89 Å². The van der Waals surface area contributed by atoms with Crippen LogP contribution in [-0.4, -0.2) is 29.3 Å². The Balaban J connectivity index is 3.71. The first-order chi connectivity index (χ1) is 33.6. The maximum atomic E-state index is 13.3. The van der Waals surface area contributed by atoms with Crippen LogP contribution in [0.4, 0.5) is 0 Å². The highest BCUT2D eigenvalue weighted by Gasteiger charge is 2.28. The van der Waals surface area contributed by atoms with E-state index >= 15 is 0 Å².